The molecular formula is C10H19N3S. The van der Waals surface area contributed by atoms with E-state index in [0.29, 0.717) is 6.04 Å². The Kier molecular flexibility index (Phi) is 4.32. The van der Waals surface area contributed by atoms with Crippen LogP contribution in [0.15, 0.2) is 0 Å². The third-order valence-electron chi connectivity index (χ3n) is 1.83. The maximum Gasteiger partial charge on any atom is 0.202 e. The molecule has 1 rings (SSSR count). The minimum atomic E-state index is 0.431. The molecule has 1 heterocycles. The fourth-order valence-electron chi connectivity index (χ4n) is 1.08. The van der Waals surface area contributed by atoms with Gasteiger partial charge in [-0.2, -0.15) is 4.37 Å². The maximum atomic E-state index is 4.42. The quantitative estimate of drug-likeness (QED) is 0.817. The van der Waals surface area contributed by atoms with Gasteiger partial charge in [0.25, 0.3) is 0 Å². The van der Waals surface area contributed by atoms with Gasteiger partial charge in [-0.05, 0) is 26.2 Å². The van der Waals surface area contributed by atoms with Crippen molar-refractivity contribution in [1.82, 2.24) is 9.36 Å². The summed E-state index contributed by atoms with van der Waals surface area (Å²) in [4.78, 5) is 4.42. The van der Waals surface area contributed by atoms with Crippen molar-refractivity contribution in [1.29, 1.82) is 0 Å². The second-order valence-electron chi connectivity index (χ2n) is 4.25. The van der Waals surface area contributed by atoms with Crippen LogP contribution in [-0.4, -0.2) is 15.4 Å². The van der Waals surface area contributed by atoms with Crippen LogP contribution in [-0.2, 0) is 6.42 Å². The predicted octanol–water partition coefficient (Wildman–Crippen LogP) is 2.95. The molecule has 0 saturated heterocycles. The van der Waals surface area contributed by atoms with Crippen molar-refractivity contribution in [2.45, 2.75) is 46.6 Å². The number of nitrogens with zero attached hydrogens (tertiary/aromatic N) is 2. The highest BCUT2D eigenvalue weighted by molar-refractivity contribution is 7.09. The van der Waals surface area contributed by atoms with Gasteiger partial charge >= 0.3 is 0 Å². The van der Waals surface area contributed by atoms with Crippen LogP contribution in [0.4, 0.5) is 5.13 Å². The Morgan fingerprint density at radius 3 is 2.57 bits per heavy atom. The summed E-state index contributed by atoms with van der Waals surface area (Å²) < 4.78 is 4.31. The molecule has 0 radical (unpaired) electrons. The van der Waals surface area contributed by atoms with Crippen molar-refractivity contribution in [2.75, 3.05) is 5.32 Å². The molecule has 0 aliphatic heterocycles. The lowest BCUT2D eigenvalue weighted by Crippen LogP contribution is -2.09. The Balaban J connectivity index is 2.42. The van der Waals surface area contributed by atoms with Gasteiger partial charge < -0.3 is 5.32 Å². The summed E-state index contributed by atoms with van der Waals surface area (Å²) in [5.41, 5.74) is 0. The van der Waals surface area contributed by atoms with Crippen LogP contribution < -0.4 is 5.32 Å². The third-order valence-corrected chi connectivity index (χ3v) is 2.51. The molecule has 1 aromatic rings. The molecule has 0 atom stereocenters. The Labute approximate surface area is 90.1 Å². The molecule has 0 amide bonds. The number of anilines is 1. The summed E-state index contributed by atoms with van der Waals surface area (Å²) in [5, 5.41) is 4.20. The summed E-state index contributed by atoms with van der Waals surface area (Å²) >= 11 is 1.46. The lowest BCUT2D eigenvalue weighted by molar-refractivity contribution is 0.577. The summed E-state index contributed by atoms with van der Waals surface area (Å²) in [5.74, 6) is 1.70. The lowest BCUT2D eigenvalue weighted by atomic mass is 10.1. The molecule has 0 spiro atoms. The molecule has 0 aromatic carbocycles. The summed E-state index contributed by atoms with van der Waals surface area (Å²) in [6.45, 7) is 8.66. The van der Waals surface area contributed by atoms with Gasteiger partial charge in [-0.3, -0.25) is 0 Å². The van der Waals surface area contributed by atoms with Gasteiger partial charge in [0.05, 0.1) is 0 Å². The molecule has 0 fully saturated rings. The number of hydrogen-bond acceptors (Lipinski definition) is 4. The maximum absolute atomic E-state index is 4.42. The van der Waals surface area contributed by atoms with Gasteiger partial charge in [0.2, 0.25) is 5.13 Å². The summed E-state index contributed by atoms with van der Waals surface area (Å²) in [7, 11) is 0. The van der Waals surface area contributed by atoms with Gasteiger partial charge in [0.15, 0.2) is 0 Å². The summed E-state index contributed by atoms with van der Waals surface area (Å²) in [6.07, 6.45) is 2.16. The van der Waals surface area contributed by atoms with Crippen molar-refractivity contribution in [3.05, 3.63) is 5.82 Å². The van der Waals surface area contributed by atoms with E-state index in [0.717, 1.165) is 29.7 Å². The van der Waals surface area contributed by atoms with Gasteiger partial charge in [0, 0.05) is 24.0 Å². The van der Waals surface area contributed by atoms with Crippen LogP contribution in [0.25, 0.3) is 0 Å². The van der Waals surface area contributed by atoms with E-state index in [1.165, 1.54) is 11.5 Å². The average molecular weight is 213 g/mol. The zero-order valence-corrected chi connectivity index (χ0v) is 10.2. The van der Waals surface area contributed by atoms with Gasteiger partial charge in [-0.15, -0.1) is 0 Å². The molecule has 0 unspecified atom stereocenters. The average Bonchev–Trinajstić information content (AvgIpc) is 2.47. The third kappa shape index (κ3) is 4.05. The predicted molar refractivity (Wildman–Crippen MR) is 61.8 cm³/mol. The second-order valence-corrected chi connectivity index (χ2v) is 5.00. The van der Waals surface area contributed by atoms with E-state index in [1.54, 1.807) is 0 Å². The van der Waals surface area contributed by atoms with Crippen molar-refractivity contribution in [2.24, 2.45) is 5.92 Å². The minimum Gasteiger partial charge on any atom is -0.358 e. The molecule has 3 nitrogen and oxygen atoms in total. The van der Waals surface area contributed by atoms with E-state index in [-0.39, 0.29) is 0 Å². The zero-order chi connectivity index (χ0) is 10.6. The largest absolute Gasteiger partial charge is 0.358 e. The molecular weight excluding hydrogens is 194 g/mol. The first-order valence-electron chi connectivity index (χ1n) is 5.17. The Bertz CT molecular complexity index is 268. The molecule has 0 saturated carbocycles. The SMILES string of the molecule is CC(C)CCc1nsc(NC(C)C)n1. The standard InChI is InChI=1S/C10H19N3S/c1-7(2)5-6-9-12-10(14-13-9)11-8(3)4/h7-8H,5-6H2,1-4H3,(H,11,12,13). The topological polar surface area (TPSA) is 37.8 Å². The molecule has 4 heteroatoms. The number of hydrogen-bond donors (Lipinski definition) is 1. The second kappa shape index (κ2) is 5.29. The van der Waals surface area contributed by atoms with E-state index in [2.05, 4.69) is 42.4 Å². The van der Waals surface area contributed by atoms with Crippen LogP contribution in [0.5, 0.6) is 0 Å². The molecule has 0 bridgehead atoms. The Hall–Kier alpha value is -0.640. The van der Waals surface area contributed by atoms with Crippen molar-refractivity contribution in [3.8, 4) is 0 Å². The highest BCUT2D eigenvalue weighted by atomic mass is 32.1. The minimum absolute atomic E-state index is 0.431. The Morgan fingerprint density at radius 1 is 1.29 bits per heavy atom. The lowest BCUT2D eigenvalue weighted by Gasteiger charge is -2.03. The first kappa shape index (κ1) is 11.4. The van der Waals surface area contributed by atoms with Crippen LogP contribution in [0.3, 0.4) is 0 Å². The van der Waals surface area contributed by atoms with Gasteiger partial charge in [-0.1, -0.05) is 13.8 Å². The van der Waals surface area contributed by atoms with E-state index in [9.17, 15) is 0 Å². The van der Waals surface area contributed by atoms with Crippen LogP contribution in [0.1, 0.15) is 39.9 Å². The highest BCUT2D eigenvalue weighted by Gasteiger charge is 2.05. The van der Waals surface area contributed by atoms with Crippen LogP contribution in [0, 0.1) is 5.92 Å². The van der Waals surface area contributed by atoms with Crippen molar-refractivity contribution >= 4 is 16.7 Å². The summed E-state index contributed by atoms with van der Waals surface area (Å²) in [6, 6.07) is 0.431. The number of aryl methyl sites for hydroxylation is 1. The van der Waals surface area contributed by atoms with Crippen molar-refractivity contribution < 1.29 is 0 Å². The van der Waals surface area contributed by atoms with Gasteiger partial charge in [-0.25, -0.2) is 4.98 Å². The van der Waals surface area contributed by atoms with E-state index >= 15 is 0 Å². The van der Waals surface area contributed by atoms with Crippen LogP contribution >= 0.6 is 11.5 Å². The van der Waals surface area contributed by atoms with E-state index < -0.39 is 0 Å². The molecule has 1 N–H and O–H groups in total. The molecule has 0 aliphatic rings. The number of nitrogens with one attached hydrogen (secondary N) is 1. The fraction of sp³-hybridized carbons (Fsp3) is 0.800. The molecule has 80 valence electrons. The van der Waals surface area contributed by atoms with Gasteiger partial charge in [0.1, 0.15) is 5.82 Å². The highest BCUT2D eigenvalue weighted by Crippen LogP contribution is 2.14. The smallest absolute Gasteiger partial charge is 0.202 e. The monoisotopic (exact) mass is 213 g/mol. The first-order chi connectivity index (χ1) is 6.58. The number of aromatic nitrogens is 2. The number of rotatable bonds is 5. The fourth-order valence-corrected chi connectivity index (χ4v) is 1.84. The molecule has 1 aromatic heterocycles. The van der Waals surface area contributed by atoms with E-state index in [4.69, 9.17) is 0 Å². The Morgan fingerprint density at radius 2 is 2.00 bits per heavy atom. The molecule has 0 aliphatic carbocycles. The van der Waals surface area contributed by atoms with E-state index in [1.807, 2.05) is 0 Å². The molecule has 14 heavy (non-hydrogen) atoms. The zero-order valence-electron chi connectivity index (χ0n) is 9.37. The van der Waals surface area contributed by atoms with Crippen molar-refractivity contribution in [3.63, 3.8) is 0 Å². The normalized spacial score (nSPS) is 11.3. The van der Waals surface area contributed by atoms with Crippen LogP contribution in [0.2, 0.25) is 0 Å². The first-order valence-corrected chi connectivity index (χ1v) is 5.94.